The summed E-state index contributed by atoms with van der Waals surface area (Å²) >= 11 is 0. The molecule has 0 aromatic heterocycles. The highest BCUT2D eigenvalue weighted by Gasteiger charge is 2.29. The zero-order chi connectivity index (χ0) is 69.5. The summed E-state index contributed by atoms with van der Waals surface area (Å²) < 4.78 is 60.9. The van der Waals surface area contributed by atoms with Gasteiger partial charge in [0.05, 0.1) is 26.4 Å². The lowest BCUT2D eigenvalue weighted by molar-refractivity contribution is -0.161. The third kappa shape index (κ3) is 71.6. The molecule has 0 spiro atoms. The summed E-state index contributed by atoms with van der Waals surface area (Å²) in [6.07, 6.45) is 79.3. The summed E-state index contributed by atoms with van der Waals surface area (Å²) in [5.41, 5.74) is 0. The predicted octanol–water partition coefficient (Wildman–Crippen LogP) is 21.4. The van der Waals surface area contributed by atoms with Gasteiger partial charge in [0.1, 0.15) is 25.4 Å². The van der Waals surface area contributed by atoms with Crippen LogP contribution in [-0.2, 0) is 55.8 Å². The van der Waals surface area contributed by atoms with E-state index in [1.807, 2.05) is 0 Å². The van der Waals surface area contributed by atoms with E-state index in [0.29, 0.717) is 19.3 Å². The number of carbonyl (C=O) groups excluding carboxylic acids is 3. The second-order valence-electron chi connectivity index (χ2n) is 25.1. The summed E-state index contributed by atoms with van der Waals surface area (Å²) in [7, 11) is -9.77. The van der Waals surface area contributed by atoms with Gasteiger partial charge in [-0.3, -0.25) is 32.5 Å². The Kier molecular flexibility index (Phi) is 67.7. The van der Waals surface area contributed by atoms with Gasteiger partial charge >= 0.3 is 33.6 Å². The second-order valence-corrected chi connectivity index (χ2v) is 28.0. The maximum atomic E-state index is 12.9. The third-order valence-electron chi connectivity index (χ3n) is 15.8. The minimum Gasteiger partial charge on any atom is -0.463 e. The summed E-state index contributed by atoms with van der Waals surface area (Å²) in [6, 6.07) is 0. The molecule has 0 aliphatic heterocycles. The quantitative estimate of drug-likeness (QED) is 0.0146. The summed E-state index contributed by atoms with van der Waals surface area (Å²) in [5.74, 6) is -1.60. The number of ether oxygens (including phenoxy) is 3. The van der Waals surface area contributed by atoms with Gasteiger partial charge in [0.2, 0.25) is 0 Å². The Hall–Kier alpha value is -3.53. The van der Waals surface area contributed by atoms with Crippen LogP contribution < -0.4 is 0 Å². The maximum Gasteiger partial charge on any atom is 0.472 e. The van der Waals surface area contributed by atoms with Crippen LogP contribution in [0.1, 0.15) is 316 Å². The molecular formula is C77H136O16P2. The molecule has 550 valence electrons. The molecule has 16 nitrogen and oxygen atoms in total. The lowest BCUT2D eigenvalue weighted by Gasteiger charge is -2.21. The summed E-state index contributed by atoms with van der Waals surface area (Å²) in [6.45, 7) is 2.47. The number of phosphoric acid groups is 2. The highest BCUT2D eigenvalue weighted by molar-refractivity contribution is 7.47. The Morgan fingerprint density at radius 2 is 0.568 bits per heavy atom. The standard InChI is InChI=1S/C77H136O16P2/c1-4-7-10-13-16-19-22-24-26-27-28-29-30-31-32-33-34-35-36-37-38-39-40-41-42-43-45-47-49-51-54-57-60-63-75(80)87-66-72(78)67-89-94(83,84)90-68-73(79)69-91-95(85,86)92-71-74(93-77(82)65-62-59-56-53-48-21-18-15-12-9-6-3)70-88-76(81)64-61-58-55-52-50-46-44-25-23-20-17-14-11-8-5-2/h8,11,15-20,24-26,28-29,31-32,44,72-74,78-79H,4-7,9-10,12-14,21-23,27,30,33-43,45-71H2,1-3H3,(H,83,84)(H,85,86)/b11-8-,18-15-,19-16-,20-17-,26-24-,29-28-,32-31-,44-25-. The zero-order valence-corrected chi connectivity index (χ0v) is 61.6. The van der Waals surface area contributed by atoms with E-state index < -0.39 is 91.5 Å². The van der Waals surface area contributed by atoms with Crippen molar-refractivity contribution in [3.8, 4) is 0 Å². The molecule has 5 atom stereocenters. The van der Waals surface area contributed by atoms with E-state index in [4.69, 9.17) is 32.3 Å². The molecule has 0 aromatic rings. The largest absolute Gasteiger partial charge is 0.472 e. The third-order valence-corrected chi connectivity index (χ3v) is 17.7. The predicted molar refractivity (Wildman–Crippen MR) is 390 cm³/mol. The molecule has 0 heterocycles. The molecule has 0 bridgehead atoms. The molecule has 0 aliphatic rings. The first-order chi connectivity index (χ1) is 46.2. The van der Waals surface area contributed by atoms with Crippen molar-refractivity contribution in [2.75, 3.05) is 39.6 Å². The van der Waals surface area contributed by atoms with E-state index >= 15 is 0 Å². The van der Waals surface area contributed by atoms with Crippen molar-refractivity contribution in [1.29, 1.82) is 0 Å². The van der Waals surface area contributed by atoms with Crippen LogP contribution in [0.3, 0.4) is 0 Å². The van der Waals surface area contributed by atoms with E-state index in [0.717, 1.165) is 128 Å². The number of phosphoric ester groups is 2. The minimum atomic E-state index is -4.92. The van der Waals surface area contributed by atoms with Crippen molar-refractivity contribution in [2.45, 2.75) is 334 Å². The number of aliphatic hydroxyl groups excluding tert-OH is 2. The molecule has 0 saturated carbocycles. The Bertz CT molecular complexity index is 2120. The van der Waals surface area contributed by atoms with Gasteiger partial charge in [0.25, 0.3) is 0 Å². The van der Waals surface area contributed by atoms with Gasteiger partial charge in [-0.1, -0.05) is 279 Å². The molecule has 0 aromatic carbocycles. The van der Waals surface area contributed by atoms with Gasteiger partial charge < -0.3 is 34.2 Å². The highest BCUT2D eigenvalue weighted by atomic mass is 31.2. The first-order valence-electron chi connectivity index (χ1n) is 37.5. The molecule has 0 aliphatic carbocycles. The van der Waals surface area contributed by atoms with E-state index in [2.05, 4.69) is 118 Å². The normalized spacial score (nSPS) is 14.6. The number of hydrogen-bond donors (Lipinski definition) is 4. The fraction of sp³-hybridized carbons (Fsp3) is 0.753. The molecule has 0 amide bonds. The van der Waals surface area contributed by atoms with Gasteiger partial charge in [0, 0.05) is 19.3 Å². The van der Waals surface area contributed by atoms with E-state index in [1.54, 1.807) is 0 Å². The van der Waals surface area contributed by atoms with Gasteiger partial charge in [-0.2, -0.15) is 0 Å². The van der Waals surface area contributed by atoms with Crippen molar-refractivity contribution in [2.24, 2.45) is 0 Å². The van der Waals surface area contributed by atoms with E-state index in [-0.39, 0.29) is 19.3 Å². The molecule has 18 heteroatoms. The van der Waals surface area contributed by atoms with Crippen LogP contribution in [0, 0.1) is 0 Å². The van der Waals surface area contributed by atoms with Gasteiger partial charge in [-0.15, -0.1) is 0 Å². The van der Waals surface area contributed by atoms with Crippen molar-refractivity contribution >= 4 is 33.6 Å². The maximum absolute atomic E-state index is 12.9. The first-order valence-corrected chi connectivity index (χ1v) is 40.5. The Labute approximate surface area is 578 Å². The topological polar surface area (TPSA) is 231 Å². The highest BCUT2D eigenvalue weighted by Crippen LogP contribution is 2.45. The fourth-order valence-electron chi connectivity index (χ4n) is 10.0. The minimum absolute atomic E-state index is 0.0904. The molecule has 95 heavy (non-hydrogen) atoms. The SMILES string of the molecule is CC/C=C\C/C=C\C/C=C\CCCCCCCC(=O)OCC(COP(=O)(O)OCC(O)COP(=O)(O)OCC(O)COC(=O)CCCCCCCCCCCCCCCCCCC/C=C\C/C=C\C/C=C\C/C=C\CCCCC)OC(=O)CCCCCCC/C=C\CCCC. The zero-order valence-electron chi connectivity index (χ0n) is 59.8. The van der Waals surface area contributed by atoms with Crippen LogP contribution >= 0.6 is 15.6 Å². The van der Waals surface area contributed by atoms with Gasteiger partial charge in [0.15, 0.2) is 6.10 Å². The van der Waals surface area contributed by atoms with Crippen LogP contribution in [0.15, 0.2) is 97.2 Å². The summed E-state index contributed by atoms with van der Waals surface area (Å²) in [5, 5.41) is 20.6. The van der Waals surface area contributed by atoms with Crippen molar-refractivity contribution in [3.05, 3.63) is 97.2 Å². The van der Waals surface area contributed by atoms with Crippen LogP contribution in [0.5, 0.6) is 0 Å². The molecule has 0 fully saturated rings. The smallest absolute Gasteiger partial charge is 0.463 e. The molecule has 5 unspecified atom stereocenters. The molecule has 0 saturated heterocycles. The molecular weight excluding hydrogens is 1240 g/mol. The van der Waals surface area contributed by atoms with Gasteiger partial charge in [-0.25, -0.2) is 9.13 Å². The van der Waals surface area contributed by atoms with Gasteiger partial charge in [-0.05, 0) is 116 Å². The number of allylic oxidation sites excluding steroid dienone is 16. The number of esters is 3. The average Bonchev–Trinajstić information content (AvgIpc) is 3.78. The van der Waals surface area contributed by atoms with Crippen molar-refractivity contribution in [3.63, 3.8) is 0 Å². The van der Waals surface area contributed by atoms with Crippen LogP contribution in [0.25, 0.3) is 0 Å². The number of rotatable bonds is 71. The lowest BCUT2D eigenvalue weighted by atomic mass is 10.0. The monoisotopic (exact) mass is 1380 g/mol. The van der Waals surface area contributed by atoms with E-state index in [1.165, 1.54) is 128 Å². The average molecular weight is 1380 g/mol. The Morgan fingerprint density at radius 1 is 0.305 bits per heavy atom. The Morgan fingerprint density at radius 3 is 0.926 bits per heavy atom. The first kappa shape index (κ1) is 91.5. The Balaban J connectivity index is 4.32. The second kappa shape index (κ2) is 70.3. The number of unbranched alkanes of at least 4 members (excludes halogenated alkanes) is 32. The lowest BCUT2D eigenvalue weighted by Crippen LogP contribution is -2.30. The van der Waals surface area contributed by atoms with Crippen molar-refractivity contribution < 1.29 is 75.8 Å². The molecule has 4 N–H and O–H groups in total. The van der Waals surface area contributed by atoms with Crippen molar-refractivity contribution in [1.82, 2.24) is 0 Å². The molecule has 0 rings (SSSR count). The van der Waals surface area contributed by atoms with Crippen LogP contribution in [0.4, 0.5) is 0 Å². The fourth-order valence-corrected chi connectivity index (χ4v) is 11.6. The number of carbonyl (C=O) groups is 3. The summed E-state index contributed by atoms with van der Waals surface area (Å²) in [4.78, 5) is 58.3. The number of aliphatic hydroxyl groups is 2. The van der Waals surface area contributed by atoms with Crippen LogP contribution in [0.2, 0.25) is 0 Å². The molecule has 0 radical (unpaired) electrons. The van der Waals surface area contributed by atoms with Crippen LogP contribution in [-0.4, -0.2) is 95.9 Å². The number of hydrogen-bond acceptors (Lipinski definition) is 14. The van der Waals surface area contributed by atoms with E-state index in [9.17, 15) is 43.5 Å².